The Labute approximate surface area is 65.8 Å². The molecule has 0 amide bonds. The Morgan fingerprint density at radius 2 is 2.30 bits per heavy atom. The van der Waals surface area contributed by atoms with E-state index in [1.54, 1.807) is 18.7 Å². The average Bonchev–Trinajstić information content (AvgIpc) is 2.38. The summed E-state index contributed by atoms with van der Waals surface area (Å²) < 4.78 is 23.8. The number of hydrogen-bond donors (Lipinski definition) is 0. The summed E-state index contributed by atoms with van der Waals surface area (Å²) in [5, 5.41) is 0. The minimum absolute atomic E-state index is 0.230. The van der Waals surface area contributed by atoms with Crippen LogP contribution in [0, 0.1) is 0 Å². The highest BCUT2D eigenvalue weighted by atomic mass is 32.2. The molecule has 0 aromatic heterocycles. The van der Waals surface area contributed by atoms with Gasteiger partial charge in [0.05, 0.1) is 11.6 Å². The molecule has 0 unspecified atom stereocenters. The smallest absolute Gasteiger partial charge is 0.212 e. The fourth-order valence-electron chi connectivity index (χ4n) is 0.799. The highest BCUT2D eigenvalue weighted by Crippen LogP contribution is 2.16. The number of hydrogen-bond acceptors (Lipinski definition) is 3. The predicted molar refractivity (Wildman–Crippen MR) is 43.5 cm³/mol. The van der Waals surface area contributed by atoms with Gasteiger partial charge < -0.3 is 0 Å². The molecule has 1 aliphatic rings. The zero-order valence-corrected chi connectivity index (χ0v) is 7.54. The van der Waals surface area contributed by atoms with Crippen LogP contribution in [0.3, 0.4) is 0 Å². The quantitative estimate of drug-likeness (QED) is 0.616. The van der Waals surface area contributed by atoms with Crippen molar-refractivity contribution in [2.45, 2.75) is 6.92 Å². The normalized spacial score (nSPS) is 21.7. The molecular formula is C5H11NO2S2. The lowest BCUT2D eigenvalue weighted by Crippen LogP contribution is -2.29. The van der Waals surface area contributed by atoms with Gasteiger partial charge in [-0.05, 0) is 6.92 Å². The van der Waals surface area contributed by atoms with Crippen molar-refractivity contribution in [1.29, 1.82) is 0 Å². The molecule has 0 saturated carbocycles. The van der Waals surface area contributed by atoms with E-state index in [9.17, 15) is 8.42 Å². The highest BCUT2D eigenvalue weighted by molar-refractivity contribution is 8.00. The molecule has 10 heavy (non-hydrogen) atoms. The summed E-state index contributed by atoms with van der Waals surface area (Å²) in [7, 11) is -2.89. The van der Waals surface area contributed by atoms with E-state index in [0.717, 1.165) is 5.75 Å². The van der Waals surface area contributed by atoms with E-state index >= 15 is 0 Å². The fourth-order valence-corrected chi connectivity index (χ4v) is 3.33. The molecule has 1 aliphatic heterocycles. The molecular weight excluding hydrogens is 170 g/mol. The SMILES string of the molecule is CCS(=O)(=O)N1CCSC1. The zero-order chi connectivity index (χ0) is 7.61. The summed E-state index contributed by atoms with van der Waals surface area (Å²) in [4.78, 5) is 0. The first-order chi connectivity index (χ1) is 4.67. The van der Waals surface area contributed by atoms with Crippen LogP contribution >= 0.6 is 11.8 Å². The zero-order valence-electron chi connectivity index (χ0n) is 5.91. The second kappa shape index (κ2) is 3.11. The molecule has 1 heterocycles. The number of rotatable bonds is 2. The molecule has 0 aliphatic carbocycles. The summed E-state index contributed by atoms with van der Waals surface area (Å²) in [5.74, 6) is 1.82. The number of sulfonamides is 1. The monoisotopic (exact) mass is 181 g/mol. The van der Waals surface area contributed by atoms with Crippen molar-refractivity contribution < 1.29 is 8.42 Å². The van der Waals surface area contributed by atoms with Gasteiger partial charge >= 0.3 is 0 Å². The summed E-state index contributed by atoms with van der Waals surface area (Å²) in [6, 6.07) is 0. The molecule has 0 aromatic rings. The van der Waals surface area contributed by atoms with E-state index in [2.05, 4.69) is 0 Å². The van der Waals surface area contributed by atoms with E-state index in [4.69, 9.17) is 0 Å². The molecule has 0 N–H and O–H groups in total. The molecule has 0 spiro atoms. The summed E-state index contributed by atoms with van der Waals surface area (Å²) in [6.45, 7) is 2.37. The Balaban J connectivity index is 2.63. The maximum Gasteiger partial charge on any atom is 0.214 e. The van der Waals surface area contributed by atoms with Gasteiger partial charge in [0.2, 0.25) is 10.0 Å². The minimum atomic E-state index is -2.89. The Kier molecular flexibility index (Phi) is 2.60. The molecule has 0 radical (unpaired) electrons. The first-order valence-electron chi connectivity index (χ1n) is 3.22. The molecule has 0 atom stereocenters. The fraction of sp³-hybridized carbons (Fsp3) is 1.00. The Hall–Kier alpha value is 0.260. The second-order valence-corrected chi connectivity index (χ2v) is 5.45. The van der Waals surface area contributed by atoms with Crippen LogP contribution in [-0.2, 0) is 10.0 Å². The van der Waals surface area contributed by atoms with Crippen LogP contribution in [0.1, 0.15) is 6.92 Å². The van der Waals surface area contributed by atoms with E-state index in [1.165, 1.54) is 4.31 Å². The van der Waals surface area contributed by atoms with Gasteiger partial charge in [-0.3, -0.25) is 0 Å². The van der Waals surface area contributed by atoms with Crippen LogP contribution in [0.25, 0.3) is 0 Å². The molecule has 1 rings (SSSR count). The van der Waals surface area contributed by atoms with Crippen LogP contribution in [-0.4, -0.2) is 36.7 Å². The van der Waals surface area contributed by atoms with Crippen LogP contribution in [0.2, 0.25) is 0 Å². The summed E-state index contributed by atoms with van der Waals surface area (Å²) >= 11 is 1.67. The van der Waals surface area contributed by atoms with E-state index < -0.39 is 10.0 Å². The van der Waals surface area contributed by atoms with Gasteiger partial charge in [0.1, 0.15) is 0 Å². The third kappa shape index (κ3) is 1.65. The lowest BCUT2D eigenvalue weighted by molar-refractivity contribution is 0.491. The van der Waals surface area contributed by atoms with Gasteiger partial charge in [-0.2, -0.15) is 4.31 Å². The van der Waals surface area contributed by atoms with Crippen LogP contribution in [0.5, 0.6) is 0 Å². The van der Waals surface area contributed by atoms with Crippen molar-refractivity contribution in [3.05, 3.63) is 0 Å². The molecule has 0 bridgehead atoms. The number of nitrogens with zero attached hydrogens (tertiary/aromatic N) is 1. The van der Waals surface area contributed by atoms with Crippen LogP contribution < -0.4 is 0 Å². The van der Waals surface area contributed by atoms with Crippen molar-refractivity contribution in [1.82, 2.24) is 4.31 Å². The van der Waals surface area contributed by atoms with Crippen molar-refractivity contribution in [3.63, 3.8) is 0 Å². The van der Waals surface area contributed by atoms with Gasteiger partial charge in [0.15, 0.2) is 0 Å². The topological polar surface area (TPSA) is 37.4 Å². The second-order valence-electron chi connectivity index (χ2n) is 2.11. The Morgan fingerprint density at radius 1 is 1.60 bits per heavy atom. The molecule has 1 saturated heterocycles. The molecule has 1 fully saturated rings. The van der Waals surface area contributed by atoms with Gasteiger partial charge in [-0.1, -0.05) is 0 Å². The van der Waals surface area contributed by atoms with Crippen molar-refractivity contribution in [2.24, 2.45) is 0 Å². The lowest BCUT2D eigenvalue weighted by Gasteiger charge is -2.11. The third-order valence-electron chi connectivity index (χ3n) is 1.48. The predicted octanol–water partition coefficient (Wildman–Crippen LogP) is 0.342. The highest BCUT2D eigenvalue weighted by Gasteiger charge is 2.23. The van der Waals surface area contributed by atoms with Crippen LogP contribution in [0.4, 0.5) is 0 Å². The lowest BCUT2D eigenvalue weighted by atomic mass is 10.8. The minimum Gasteiger partial charge on any atom is -0.212 e. The third-order valence-corrected chi connectivity index (χ3v) is 4.44. The van der Waals surface area contributed by atoms with E-state index in [-0.39, 0.29) is 5.75 Å². The van der Waals surface area contributed by atoms with E-state index in [0.29, 0.717) is 12.4 Å². The largest absolute Gasteiger partial charge is 0.214 e. The Morgan fingerprint density at radius 3 is 2.70 bits per heavy atom. The summed E-state index contributed by atoms with van der Waals surface area (Å²) in [6.07, 6.45) is 0. The van der Waals surface area contributed by atoms with Crippen molar-refractivity contribution in [2.75, 3.05) is 23.9 Å². The standard InChI is InChI=1S/C5H11NO2S2/c1-2-10(7,8)6-3-4-9-5-6/h2-5H2,1H3. The molecule has 3 nitrogen and oxygen atoms in total. The molecule has 60 valence electrons. The first kappa shape index (κ1) is 8.36. The first-order valence-corrected chi connectivity index (χ1v) is 5.99. The van der Waals surface area contributed by atoms with Gasteiger partial charge in [-0.25, -0.2) is 8.42 Å². The Bertz CT molecular complexity index is 194. The summed E-state index contributed by atoms with van der Waals surface area (Å²) in [5.41, 5.74) is 0. The number of thioether (sulfide) groups is 1. The van der Waals surface area contributed by atoms with E-state index in [1.807, 2.05) is 0 Å². The van der Waals surface area contributed by atoms with Crippen LogP contribution in [0.15, 0.2) is 0 Å². The van der Waals surface area contributed by atoms with Crippen molar-refractivity contribution in [3.8, 4) is 0 Å². The average molecular weight is 181 g/mol. The molecule has 5 heteroatoms. The molecule has 0 aromatic carbocycles. The van der Waals surface area contributed by atoms with Gasteiger partial charge in [-0.15, -0.1) is 11.8 Å². The van der Waals surface area contributed by atoms with Gasteiger partial charge in [0.25, 0.3) is 0 Å². The maximum absolute atomic E-state index is 11.1. The van der Waals surface area contributed by atoms with Crippen molar-refractivity contribution >= 4 is 21.8 Å². The maximum atomic E-state index is 11.1. The van der Waals surface area contributed by atoms with Gasteiger partial charge in [0, 0.05) is 12.3 Å².